The first-order valence-corrected chi connectivity index (χ1v) is 15.9. The van der Waals surface area contributed by atoms with Crippen LogP contribution in [0.3, 0.4) is 0 Å². The molecule has 0 bridgehead atoms. The fraction of sp³-hybridized carbons (Fsp3) is 0.548. The van der Waals surface area contributed by atoms with Gasteiger partial charge in [-0.3, -0.25) is 14.5 Å². The van der Waals surface area contributed by atoms with E-state index in [2.05, 4.69) is 9.80 Å². The maximum Gasteiger partial charge on any atom is 0.255 e. The number of nitrogens with zero attached hydrogens (tertiary/aromatic N) is 4. The van der Waals surface area contributed by atoms with Crippen LogP contribution in [0.2, 0.25) is 20.1 Å². The van der Waals surface area contributed by atoms with E-state index in [1.54, 1.807) is 35.0 Å². The summed E-state index contributed by atoms with van der Waals surface area (Å²) in [5.74, 6) is 0.0962. The summed E-state index contributed by atoms with van der Waals surface area (Å²) in [5, 5.41) is 1.82. The fourth-order valence-corrected chi connectivity index (χ4v) is 7.10. The standard InChI is InChI=1S/C31H40Cl4N4O2/c1-36(2)30(41)31(39-14-5-4-6-15-39)12-17-38(18-13-31)16-11-23(22-7-10-26(33)28(35)19-22)21-37(3)29(40)25-9-8-24(32)20-27(25)34/h7-10,19-20,23H,4-6,11-18,21H2,1-3H3. The van der Waals surface area contributed by atoms with Crippen LogP contribution in [0.1, 0.15) is 60.4 Å². The molecule has 0 aliphatic carbocycles. The second kappa shape index (κ2) is 14.3. The van der Waals surface area contributed by atoms with Crippen molar-refractivity contribution in [2.24, 2.45) is 0 Å². The summed E-state index contributed by atoms with van der Waals surface area (Å²) in [7, 11) is 5.53. The number of rotatable bonds is 9. The minimum atomic E-state index is -0.409. The quantitative estimate of drug-likeness (QED) is 0.297. The van der Waals surface area contributed by atoms with E-state index in [1.807, 2.05) is 32.3 Å². The molecular formula is C31H40Cl4N4O2. The third-order valence-corrected chi connectivity index (χ3v) is 9.95. The summed E-state index contributed by atoms with van der Waals surface area (Å²) in [6, 6.07) is 10.6. The Bertz CT molecular complexity index is 1230. The van der Waals surface area contributed by atoms with E-state index in [0.29, 0.717) is 32.2 Å². The van der Waals surface area contributed by atoms with E-state index < -0.39 is 5.54 Å². The van der Waals surface area contributed by atoms with Gasteiger partial charge in [0, 0.05) is 51.7 Å². The van der Waals surface area contributed by atoms with E-state index in [-0.39, 0.29) is 17.7 Å². The molecule has 4 rings (SSSR count). The molecule has 6 nitrogen and oxygen atoms in total. The third-order valence-electron chi connectivity index (χ3n) is 8.66. The Balaban J connectivity index is 1.46. The molecule has 2 saturated heterocycles. The lowest BCUT2D eigenvalue weighted by Crippen LogP contribution is -2.64. The van der Waals surface area contributed by atoms with Crippen molar-refractivity contribution in [3.05, 3.63) is 67.6 Å². The Morgan fingerprint density at radius 1 is 0.854 bits per heavy atom. The summed E-state index contributed by atoms with van der Waals surface area (Å²) >= 11 is 25.0. The Morgan fingerprint density at radius 3 is 2.15 bits per heavy atom. The molecule has 2 aromatic carbocycles. The van der Waals surface area contributed by atoms with Crippen LogP contribution in [-0.2, 0) is 4.79 Å². The average molecular weight is 642 g/mol. The molecule has 41 heavy (non-hydrogen) atoms. The summed E-state index contributed by atoms with van der Waals surface area (Å²) < 4.78 is 0. The van der Waals surface area contributed by atoms with E-state index in [0.717, 1.165) is 70.4 Å². The second-order valence-electron chi connectivity index (χ2n) is 11.6. The summed E-state index contributed by atoms with van der Waals surface area (Å²) in [6.07, 6.45) is 6.04. The van der Waals surface area contributed by atoms with Crippen molar-refractivity contribution in [1.29, 1.82) is 0 Å². The lowest BCUT2D eigenvalue weighted by molar-refractivity contribution is -0.147. The van der Waals surface area contributed by atoms with Crippen LogP contribution < -0.4 is 0 Å². The molecule has 1 atom stereocenters. The molecule has 10 heteroatoms. The maximum atomic E-state index is 13.5. The molecule has 224 valence electrons. The largest absolute Gasteiger partial charge is 0.347 e. The Labute approximate surface area is 264 Å². The number of hydrogen-bond acceptors (Lipinski definition) is 4. The van der Waals surface area contributed by atoms with Gasteiger partial charge in [-0.25, -0.2) is 0 Å². The molecule has 2 aliphatic rings. The maximum absolute atomic E-state index is 13.5. The average Bonchev–Trinajstić information content (AvgIpc) is 2.96. The summed E-state index contributed by atoms with van der Waals surface area (Å²) in [6.45, 7) is 5.05. The number of likely N-dealkylation sites (tertiary alicyclic amines) is 2. The SMILES string of the molecule is CN(C)C(=O)C1(N2CCCCC2)CCN(CCC(CN(C)C(=O)c2ccc(Cl)cc2Cl)c2ccc(Cl)c(Cl)c2)CC1. The molecule has 2 heterocycles. The van der Waals surface area contributed by atoms with E-state index in [1.165, 1.54) is 6.42 Å². The Kier molecular flexibility index (Phi) is 11.3. The van der Waals surface area contributed by atoms with E-state index in [9.17, 15) is 9.59 Å². The number of benzene rings is 2. The Morgan fingerprint density at radius 2 is 1.54 bits per heavy atom. The predicted molar refractivity (Wildman–Crippen MR) is 170 cm³/mol. The smallest absolute Gasteiger partial charge is 0.255 e. The first-order valence-electron chi connectivity index (χ1n) is 14.4. The summed E-state index contributed by atoms with van der Waals surface area (Å²) in [5.41, 5.74) is 1.04. The van der Waals surface area contributed by atoms with Gasteiger partial charge in [-0.15, -0.1) is 0 Å². The number of carbonyl (C=O) groups is 2. The fourth-order valence-electron chi connectivity index (χ4n) is 6.30. The van der Waals surface area contributed by atoms with Crippen LogP contribution >= 0.6 is 46.4 Å². The van der Waals surface area contributed by atoms with Crippen molar-refractivity contribution in [2.75, 3.05) is 60.4 Å². The Hall–Kier alpha value is -1.54. The number of carbonyl (C=O) groups excluding carboxylic acids is 2. The molecule has 2 amide bonds. The van der Waals surface area contributed by atoms with Crippen LogP contribution in [-0.4, -0.2) is 97.4 Å². The molecule has 2 aliphatic heterocycles. The molecule has 2 fully saturated rings. The van der Waals surface area contributed by atoms with Crippen LogP contribution in [0.5, 0.6) is 0 Å². The van der Waals surface area contributed by atoms with Gasteiger partial charge < -0.3 is 14.7 Å². The van der Waals surface area contributed by atoms with Crippen molar-refractivity contribution in [3.8, 4) is 0 Å². The lowest BCUT2D eigenvalue weighted by Gasteiger charge is -2.50. The highest BCUT2D eigenvalue weighted by molar-refractivity contribution is 6.42. The van der Waals surface area contributed by atoms with Crippen molar-refractivity contribution < 1.29 is 9.59 Å². The molecule has 0 aromatic heterocycles. The minimum absolute atomic E-state index is 0.0296. The van der Waals surface area contributed by atoms with Gasteiger partial charge in [0.05, 0.1) is 20.6 Å². The van der Waals surface area contributed by atoms with Gasteiger partial charge in [0.25, 0.3) is 5.91 Å². The molecule has 0 spiro atoms. The van der Waals surface area contributed by atoms with Crippen LogP contribution in [0.4, 0.5) is 0 Å². The van der Waals surface area contributed by atoms with Gasteiger partial charge >= 0.3 is 0 Å². The highest BCUT2D eigenvalue weighted by Crippen LogP contribution is 2.35. The minimum Gasteiger partial charge on any atom is -0.347 e. The van der Waals surface area contributed by atoms with Crippen LogP contribution in [0.15, 0.2) is 36.4 Å². The van der Waals surface area contributed by atoms with E-state index >= 15 is 0 Å². The summed E-state index contributed by atoms with van der Waals surface area (Å²) in [4.78, 5) is 35.2. The second-order valence-corrected chi connectivity index (χ2v) is 13.2. The van der Waals surface area contributed by atoms with Crippen LogP contribution in [0.25, 0.3) is 0 Å². The normalized spacial score (nSPS) is 18.6. The van der Waals surface area contributed by atoms with Gasteiger partial charge in [0.1, 0.15) is 5.54 Å². The molecule has 0 radical (unpaired) electrons. The number of piperidine rings is 2. The molecule has 2 aromatic rings. The third kappa shape index (κ3) is 7.70. The lowest BCUT2D eigenvalue weighted by atomic mass is 9.82. The number of likely N-dealkylation sites (N-methyl/N-ethyl adjacent to an activating group) is 2. The monoisotopic (exact) mass is 640 g/mol. The molecule has 0 saturated carbocycles. The van der Waals surface area contributed by atoms with Gasteiger partial charge in [0.2, 0.25) is 5.91 Å². The predicted octanol–water partition coefficient (Wildman–Crippen LogP) is 6.95. The first kappa shape index (κ1) is 32.4. The van der Waals surface area contributed by atoms with E-state index in [4.69, 9.17) is 46.4 Å². The zero-order valence-electron chi connectivity index (χ0n) is 24.1. The van der Waals surface area contributed by atoms with Gasteiger partial charge in [-0.05, 0) is 87.6 Å². The van der Waals surface area contributed by atoms with Gasteiger partial charge in [-0.2, -0.15) is 0 Å². The number of amides is 2. The van der Waals surface area contributed by atoms with Crippen LogP contribution in [0, 0.1) is 0 Å². The van der Waals surface area contributed by atoms with Gasteiger partial charge in [0.15, 0.2) is 0 Å². The molecule has 1 unspecified atom stereocenters. The van der Waals surface area contributed by atoms with Gasteiger partial charge in [-0.1, -0.05) is 58.9 Å². The topological polar surface area (TPSA) is 47.1 Å². The number of halogens is 4. The van der Waals surface area contributed by atoms with Crippen molar-refractivity contribution >= 4 is 58.2 Å². The first-order chi connectivity index (χ1) is 19.5. The molecular weight excluding hydrogens is 602 g/mol. The molecule has 0 N–H and O–H groups in total. The van der Waals surface area contributed by atoms with Crippen molar-refractivity contribution in [3.63, 3.8) is 0 Å². The number of hydrogen-bond donors (Lipinski definition) is 0. The van der Waals surface area contributed by atoms with Crippen molar-refractivity contribution in [2.45, 2.75) is 50.0 Å². The zero-order chi connectivity index (χ0) is 29.7. The zero-order valence-corrected chi connectivity index (χ0v) is 27.2. The highest BCUT2D eigenvalue weighted by Gasteiger charge is 2.47. The highest BCUT2D eigenvalue weighted by atomic mass is 35.5. The van der Waals surface area contributed by atoms with Crippen molar-refractivity contribution in [1.82, 2.24) is 19.6 Å².